The smallest absolute Gasteiger partial charge is 0.229 e. The maximum Gasteiger partial charge on any atom is 0.229 e. The van der Waals surface area contributed by atoms with Gasteiger partial charge in [0.1, 0.15) is 5.75 Å². The highest BCUT2D eigenvalue weighted by molar-refractivity contribution is 6.31. The number of anilines is 2. The van der Waals surface area contributed by atoms with Crippen LogP contribution in [-0.2, 0) is 9.59 Å². The van der Waals surface area contributed by atoms with Gasteiger partial charge >= 0.3 is 0 Å². The lowest BCUT2D eigenvalue weighted by molar-refractivity contribution is -0.122. The van der Waals surface area contributed by atoms with Crippen LogP contribution < -0.4 is 10.2 Å². The standard InChI is InChI=1S/C19H19ClN2O3/c1-11-4-3-5-16(12(11)2)22-10-13(8-18(22)24)19(25)21-15-9-14(20)6-7-17(15)23/h3-7,9,13,23H,8,10H2,1-2H3,(H,21,25). The first-order chi connectivity index (χ1) is 11.9. The number of rotatable bonds is 3. The Morgan fingerprint density at radius 2 is 2.04 bits per heavy atom. The number of carbonyl (C=O) groups is 2. The van der Waals surface area contributed by atoms with Crippen LogP contribution in [-0.4, -0.2) is 23.5 Å². The van der Waals surface area contributed by atoms with E-state index in [1.165, 1.54) is 18.2 Å². The summed E-state index contributed by atoms with van der Waals surface area (Å²) in [5.41, 5.74) is 3.22. The molecule has 1 fully saturated rings. The van der Waals surface area contributed by atoms with Gasteiger partial charge in [-0.2, -0.15) is 0 Å². The molecular formula is C19H19ClN2O3. The molecule has 1 atom stereocenters. The topological polar surface area (TPSA) is 69.6 Å². The van der Waals surface area contributed by atoms with Gasteiger partial charge in [0, 0.05) is 23.7 Å². The molecule has 130 valence electrons. The zero-order valence-electron chi connectivity index (χ0n) is 14.0. The van der Waals surface area contributed by atoms with Crippen molar-refractivity contribution in [2.75, 3.05) is 16.8 Å². The van der Waals surface area contributed by atoms with Crippen LogP contribution in [0.15, 0.2) is 36.4 Å². The third-order valence-corrected chi connectivity index (χ3v) is 4.81. The number of phenols is 1. The van der Waals surface area contributed by atoms with Gasteiger partial charge in [-0.3, -0.25) is 9.59 Å². The number of hydrogen-bond acceptors (Lipinski definition) is 3. The number of carbonyl (C=O) groups excluding carboxylic acids is 2. The highest BCUT2D eigenvalue weighted by Gasteiger charge is 2.36. The van der Waals surface area contributed by atoms with Crippen molar-refractivity contribution in [3.63, 3.8) is 0 Å². The van der Waals surface area contributed by atoms with Crippen LogP contribution >= 0.6 is 11.6 Å². The van der Waals surface area contributed by atoms with Crippen molar-refractivity contribution >= 4 is 34.8 Å². The number of hydrogen-bond donors (Lipinski definition) is 2. The van der Waals surface area contributed by atoms with Crippen molar-refractivity contribution in [2.45, 2.75) is 20.3 Å². The lowest BCUT2D eigenvalue weighted by Gasteiger charge is -2.20. The highest BCUT2D eigenvalue weighted by Crippen LogP contribution is 2.31. The van der Waals surface area contributed by atoms with Gasteiger partial charge in [-0.1, -0.05) is 23.7 Å². The molecule has 2 N–H and O–H groups in total. The molecule has 2 amide bonds. The summed E-state index contributed by atoms with van der Waals surface area (Å²) in [7, 11) is 0. The monoisotopic (exact) mass is 358 g/mol. The van der Waals surface area contributed by atoms with E-state index in [1.807, 2.05) is 32.0 Å². The van der Waals surface area contributed by atoms with Crippen LogP contribution in [0.25, 0.3) is 0 Å². The normalized spacial score (nSPS) is 17.0. The van der Waals surface area contributed by atoms with E-state index < -0.39 is 5.92 Å². The fraction of sp³-hybridized carbons (Fsp3) is 0.263. The maximum atomic E-state index is 12.5. The van der Waals surface area contributed by atoms with Gasteiger partial charge in [0.25, 0.3) is 0 Å². The number of nitrogens with one attached hydrogen (secondary N) is 1. The van der Waals surface area contributed by atoms with Gasteiger partial charge in [0.2, 0.25) is 11.8 Å². The molecule has 3 rings (SSSR count). The number of benzene rings is 2. The molecular weight excluding hydrogens is 340 g/mol. The summed E-state index contributed by atoms with van der Waals surface area (Å²) in [5, 5.41) is 12.9. The molecule has 0 spiro atoms. The van der Waals surface area contributed by atoms with Crippen molar-refractivity contribution in [3.8, 4) is 5.75 Å². The minimum atomic E-state index is -0.481. The van der Waals surface area contributed by atoms with E-state index in [-0.39, 0.29) is 29.7 Å². The fourth-order valence-corrected chi connectivity index (χ4v) is 3.16. The Morgan fingerprint density at radius 1 is 1.28 bits per heavy atom. The molecule has 1 unspecified atom stereocenters. The molecule has 0 bridgehead atoms. The van der Waals surface area contributed by atoms with Crippen LogP contribution in [0.4, 0.5) is 11.4 Å². The summed E-state index contributed by atoms with van der Waals surface area (Å²) in [4.78, 5) is 26.6. The molecule has 1 aliphatic rings. The summed E-state index contributed by atoms with van der Waals surface area (Å²) < 4.78 is 0. The van der Waals surface area contributed by atoms with Gasteiger partial charge in [-0.25, -0.2) is 0 Å². The Kier molecular flexibility index (Phi) is 4.68. The van der Waals surface area contributed by atoms with E-state index in [2.05, 4.69) is 5.32 Å². The maximum absolute atomic E-state index is 12.5. The molecule has 2 aromatic rings. The third kappa shape index (κ3) is 3.46. The molecule has 2 aromatic carbocycles. The van der Waals surface area contributed by atoms with Crippen molar-refractivity contribution in [1.82, 2.24) is 0 Å². The van der Waals surface area contributed by atoms with Crippen LogP contribution in [0.1, 0.15) is 17.5 Å². The van der Waals surface area contributed by atoms with Crippen molar-refractivity contribution in [1.29, 1.82) is 0 Å². The van der Waals surface area contributed by atoms with E-state index in [0.29, 0.717) is 11.6 Å². The van der Waals surface area contributed by atoms with E-state index in [1.54, 1.807) is 4.90 Å². The largest absolute Gasteiger partial charge is 0.506 e. The molecule has 1 heterocycles. The van der Waals surface area contributed by atoms with E-state index >= 15 is 0 Å². The zero-order chi connectivity index (χ0) is 18.1. The molecule has 1 aliphatic heterocycles. The second kappa shape index (κ2) is 6.76. The summed E-state index contributed by atoms with van der Waals surface area (Å²) in [6.07, 6.45) is 0.139. The van der Waals surface area contributed by atoms with E-state index in [9.17, 15) is 14.7 Å². The molecule has 0 aliphatic carbocycles. The fourth-order valence-electron chi connectivity index (χ4n) is 2.99. The minimum Gasteiger partial charge on any atom is -0.506 e. The Balaban J connectivity index is 1.77. The Hall–Kier alpha value is -2.53. The molecule has 0 aromatic heterocycles. The molecule has 5 nitrogen and oxygen atoms in total. The van der Waals surface area contributed by atoms with Gasteiger partial charge in [-0.05, 0) is 49.2 Å². The average Bonchev–Trinajstić information content (AvgIpc) is 2.95. The average molecular weight is 359 g/mol. The van der Waals surface area contributed by atoms with Gasteiger partial charge in [0.05, 0.1) is 11.6 Å². The first-order valence-corrected chi connectivity index (χ1v) is 8.40. The van der Waals surface area contributed by atoms with Crippen molar-refractivity contribution in [2.24, 2.45) is 5.92 Å². The predicted molar refractivity (Wildman–Crippen MR) is 98.1 cm³/mol. The number of aryl methyl sites for hydroxylation is 1. The predicted octanol–water partition coefficient (Wildman–Crippen LogP) is 3.65. The number of amides is 2. The minimum absolute atomic E-state index is 0.0616. The Morgan fingerprint density at radius 3 is 2.80 bits per heavy atom. The second-order valence-corrected chi connectivity index (χ2v) is 6.71. The van der Waals surface area contributed by atoms with Gasteiger partial charge < -0.3 is 15.3 Å². The molecule has 6 heteroatoms. The zero-order valence-corrected chi connectivity index (χ0v) is 14.8. The summed E-state index contributed by atoms with van der Waals surface area (Å²) in [6, 6.07) is 10.2. The van der Waals surface area contributed by atoms with Crippen molar-refractivity contribution < 1.29 is 14.7 Å². The Bertz CT molecular complexity index is 851. The summed E-state index contributed by atoms with van der Waals surface area (Å²) in [6.45, 7) is 4.27. The van der Waals surface area contributed by atoms with Gasteiger partial charge in [-0.15, -0.1) is 0 Å². The lowest BCUT2D eigenvalue weighted by Crippen LogP contribution is -2.28. The Labute approximate surface area is 151 Å². The number of aromatic hydroxyl groups is 1. The summed E-state index contributed by atoms with van der Waals surface area (Å²) >= 11 is 5.89. The number of nitrogens with zero attached hydrogens (tertiary/aromatic N) is 1. The third-order valence-electron chi connectivity index (χ3n) is 4.58. The van der Waals surface area contributed by atoms with Crippen molar-refractivity contribution in [3.05, 3.63) is 52.5 Å². The lowest BCUT2D eigenvalue weighted by atomic mass is 10.1. The first kappa shape index (κ1) is 17.3. The number of phenolic OH excluding ortho intramolecular Hbond substituents is 1. The second-order valence-electron chi connectivity index (χ2n) is 6.28. The van der Waals surface area contributed by atoms with Gasteiger partial charge in [0.15, 0.2) is 0 Å². The van der Waals surface area contributed by atoms with Crippen LogP contribution in [0.3, 0.4) is 0 Å². The van der Waals surface area contributed by atoms with Crippen LogP contribution in [0.2, 0.25) is 5.02 Å². The van der Waals surface area contributed by atoms with E-state index in [4.69, 9.17) is 11.6 Å². The SMILES string of the molecule is Cc1cccc(N2CC(C(=O)Nc3cc(Cl)ccc3O)CC2=O)c1C. The quantitative estimate of drug-likeness (QED) is 0.823. The first-order valence-electron chi connectivity index (χ1n) is 8.03. The molecule has 1 saturated heterocycles. The summed E-state index contributed by atoms with van der Waals surface area (Å²) in [5.74, 6) is -0.929. The molecule has 25 heavy (non-hydrogen) atoms. The van der Waals surface area contributed by atoms with Crippen LogP contribution in [0, 0.1) is 19.8 Å². The number of halogens is 1. The highest BCUT2D eigenvalue weighted by atomic mass is 35.5. The van der Waals surface area contributed by atoms with Crippen LogP contribution in [0.5, 0.6) is 5.75 Å². The van der Waals surface area contributed by atoms with E-state index in [0.717, 1.165) is 16.8 Å². The molecule has 0 saturated carbocycles. The molecule has 0 radical (unpaired) electrons.